The monoisotopic (exact) mass is 810 g/mol. The first kappa shape index (κ1) is 43.5. The van der Waals surface area contributed by atoms with Crippen LogP contribution in [0.2, 0.25) is 0 Å². The number of halogens is 27. The second-order valence-electron chi connectivity index (χ2n) is 9.79. The first-order chi connectivity index (χ1) is 22.1. The molecule has 28 heteroatoms. The van der Waals surface area contributed by atoms with Gasteiger partial charge in [0.25, 0.3) is 0 Å². The van der Waals surface area contributed by atoms with Crippen molar-refractivity contribution in [3.05, 3.63) is 53.1 Å². The number of rotatable bonds is 11. The lowest BCUT2D eigenvalue weighted by Gasteiger charge is -2.45. The van der Waals surface area contributed by atoms with Crippen LogP contribution in [-0.4, -0.2) is 64.6 Å². The molecule has 2 rings (SSSR count). The zero-order chi connectivity index (χ0) is 40.9. The quantitative estimate of drug-likeness (QED) is 0.136. The van der Waals surface area contributed by atoms with Crippen molar-refractivity contribution in [1.82, 2.24) is 0 Å². The van der Waals surface area contributed by atoms with E-state index in [-0.39, 0.29) is 24.3 Å². The summed E-state index contributed by atoms with van der Waals surface area (Å²) in [6.45, 7) is 0. The van der Waals surface area contributed by atoms with Gasteiger partial charge in [-0.1, -0.05) is 12.1 Å². The highest BCUT2D eigenvalue weighted by atomic mass is 19.4. The number of hydrogen-bond donors (Lipinski definition) is 1. The standard InChI is InChI=1S/C23H5F27O/c24-9-7(5-1-3-6(51)4-2-5)8(10(25)12(27)11(9)26)13(28,29)14(30,31)15(32,33)16(34,35)17(36,37)18(38,39)19(40,41)20(42,43)21(44,45)22(46,47)23(48,49)50/h1-4,51H. The van der Waals surface area contributed by atoms with Gasteiger partial charge in [-0.3, -0.25) is 0 Å². The molecule has 292 valence electrons. The van der Waals surface area contributed by atoms with E-state index in [1.54, 1.807) is 0 Å². The van der Waals surface area contributed by atoms with Gasteiger partial charge in [0.05, 0.1) is 5.56 Å². The van der Waals surface area contributed by atoms with E-state index < -0.39 is 111 Å². The van der Waals surface area contributed by atoms with Gasteiger partial charge in [-0.2, -0.15) is 101 Å². The Labute approximate surface area is 260 Å². The topological polar surface area (TPSA) is 20.2 Å². The number of hydrogen-bond acceptors (Lipinski definition) is 1. The van der Waals surface area contributed by atoms with Gasteiger partial charge < -0.3 is 5.11 Å². The van der Waals surface area contributed by atoms with Crippen molar-refractivity contribution in [2.24, 2.45) is 0 Å². The molecule has 1 N–H and O–H groups in total. The normalized spacial score (nSPS) is 15.4. The first-order valence-electron chi connectivity index (χ1n) is 11.6. The van der Waals surface area contributed by atoms with Crippen LogP contribution >= 0.6 is 0 Å². The molecule has 0 radical (unpaired) electrons. The molecule has 2 aromatic carbocycles. The van der Waals surface area contributed by atoms with Crippen LogP contribution in [0.25, 0.3) is 11.1 Å². The molecule has 0 heterocycles. The first-order valence-corrected chi connectivity index (χ1v) is 11.6. The lowest BCUT2D eigenvalue weighted by molar-refractivity contribution is -0.479. The van der Waals surface area contributed by atoms with Crippen LogP contribution in [0, 0.1) is 23.3 Å². The maximum atomic E-state index is 14.9. The molecular weight excluding hydrogens is 805 g/mol. The molecule has 51 heavy (non-hydrogen) atoms. The molecule has 0 saturated carbocycles. The van der Waals surface area contributed by atoms with Crippen LogP contribution in [0.3, 0.4) is 0 Å². The van der Waals surface area contributed by atoms with E-state index in [4.69, 9.17) is 5.11 Å². The van der Waals surface area contributed by atoms with Crippen molar-refractivity contribution in [2.75, 3.05) is 0 Å². The number of alkyl halides is 23. The van der Waals surface area contributed by atoms with Crippen LogP contribution in [0.4, 0.5) is 119 Å². The van der Waals surface area contributed by atoms with Gasteiger partial charge in [0.2, 0.25) is 0 Å². The Morgan fingerprint density at radius 2 is 0.608 bits per heavy atom. The average molecular weight is 810 g/mol. The van der Waals surface area contributed by atoms with Crippen molar-refractivity contribution in [1.29, 1.82) is 0 Å². The summed E-state index contributed by atoms with van der Waals surface area (Å²) in [7, 11) is 0. The highest BCUT2D eigenvalue weighted by molar-refractivity contribution is 5.70. The Balaban J connectivity index is 2.94. The molecule has 1 nitrogen and oxygen atoms in total. The summed E-state index contributed by atoms with van der Waals surface area (Å²) < 4.78 is 373. The third-order valence-corrected chi connectivity index (χ3v) is 6.64. The zero-order valence-electron chi connectivity index (χ0n) is 22.5. The van der Waals surface area contributed by atoms with Crippen molar-refractivity contribution in [3.8, 4) is 16.9 Å². The summed E-state index contributed by atoms with van der Waals surface area (Å²) in [6, 6.07) is 0.182. The van der Waals surface area contributed by atoms with Crippen molar-refractivity contribution < 1.29 is 124 Å². The van der Waals surface area contributed by atoms with Crippen molar-refractivity contribution in [3.63, 3.8) is 0 Å². The predicted octanol–water partition coefficient (Wildman–Crippen LogP) is 11.0. The van der Waals surface area contributed by atoms with E-state index in [1.165, 1.54) is 0 Å². The molecule has 0 aliphatic rings. The minimum absolute atomic E-state index is 0.0654. The van der Waals surface area contributed by atoms with Crippen LogP contribution < -0.4 is 0 Å². The molecular formula is C23H5F27O. The van der Waals surface area contributed by atoms with E-state index in [0.717, 1.165) is 0 Å². The third-order valence-electron chi connectivity index (χ3n) is 6.64. The molecule has 2 aromatic rings. The van der Waals surface area contributed by atoms with Crippen molar-refractivity contribution in [2.45, 2.75) is 65.4 Å². The van der Waals surface area contributed by atoms with E-state index in [9.17, 15) is 119 Å². The molecule has 0 atom stereocenters. The second-order valence-corrected chi connectivity index (χ2v) is 9.79. The van der Waals surface area contributed by atoms with Gasteiger partial charge in [0, 0.05) is 5.56 Å². The molecule has 0 aromatic heterocycles. The summed E-state index contributed by atoms with van der Waals surface area (Å²) >= 11 is 0. The van der Waals surface area contributed by atoms with Gasteiger partial charge in [-0.15, -0.1) is 0 Å². The van der Waals surface area contributed by atoms with E-state index in [0.29, 0.717) is 0 Å². The molecule has 0 saturated heterocycles. The molecule has 0 fully saturated rings. The Bertz CT molecular complexity index is 1630. The maximum Gasteiger partial charge on any atom is 0.460 e. The number of benzene rings is 2. The largest absolute Gasteiger partial charge is 0.508 e. The minimum Gasteiger partial charge on any atom is -0.508 e. The lowest BCUT2D eigenvalue weighted by atomic mass is 9.83. The maximum absolute atomic E-state index is 14.9. The van der Waals surface area contributed by atoms with Crippen LogP contribution in [0.1, 0.15) is 5.56 Å². The smallest absolute Gasteiger partial charge is 0.460 e. The number of aromatic hydroxyl groups is 1. The highest BCUT2D eigenvalue weighted by Gasteiger charge is 2.99. The fourth-order valence-corrected chi connectivity index (χ4v) is 3.74. The summed E-state index contributed by atoms with van der Waals surface area (Å²) in [5, 5.41) is 9.14. The average Bonchev–Trinajstić information content (AvgIpc) is 2.96. The summed E-state index contributed by atoms with van der Waals surface area (Å²) in [6.07, 6.45) is -8.23. The lowest BCUT2D eigenvalue weighted by Crippen LogP contribution is -2.77. The van der Waals surface area contributed by atoms with Crippen LogP contribution in [-0.2, 0) is 5.92 Å². The summed E-state index contributed by atoms with van der Waals surface area (Å²) in [4.78, 5) is 0. The predicted molar refractivity (Wildman–Crippen MR) is 108 cm³/mol. The van der Waals surface area contributed by atoms with Crippen LogP contribution in [0.15, 0.2) is 24.3 Å². The molecule has 0 aliphatic heterocycles. The zero-order valence-corrected chi connectivity index (χ0v) is 22.5. The van der Waals surface area contributed by atoms with E-state index in [1.807, 2.05) is 0 Å². The Hall–Kier alpha value is -3.65. The number of phenolic OH excluding ortho intramolecular Hbond substituents is 1. The third kappa shape index (κ3) is 5.37. The molecule has 0 bridgehead atoms. The van der Waals surface area contributed by atoms with E-state index in [2.05, 4.69) is 0 Å². The molecule has 0 amide bonds. The molecule has 0 unspecified atom stereocenters. The fourth-order valence-electron chi connectivity index (χ4n) is 3.74. The van der Waals surface area contributed by atoms with Gasteiger partial charge >= 0.3 is 65.4 Å². The Kier molecular flexibility index (Phi) is 9.96. The summed E-state index contributed by atoms with van der Waals surface area (Å²) in [5.41, 5.74) is -8.80. The van der Waals surface area contributed by atoms with Crippen molar-refractivity contribution >= 4 is 0 Å². The summed E-state index contributed by atoms with van der Waals surface area (Å²) in [5.74, 6) is -108. The van der Waals surface area contributed by atoms with Gasteiger partial charge in [-0.25, -0.2) is 17.6 Å². The Morgan fingerprint density at radius 3 is 0.922 bits per heavy atom. The second kappa shape index (κ2) is 11.7. The molecule has 0 spiro atoms. The van der Waals surface area contributed by atoms with E-state index >= 15 is 0 Å². The fraction of sp³-hybridized carbons (Fsp3) is 0.478. The SMILES string of the molecule is Oc1ccc(-c2c(F)c(F)c(F)c(F)c2C(F)(F)C(F)(F)C(F)(F)C(F)(F)C(F)(F)C(F)(F)C(F)(F)C(F)(F)C(F)(F)C(F)(F)C(F)(F)F)cc1. The minimum atomic E-state index is -9.70. The highest BCUT2D eigenvalue weighted by Crippen LogP contribution is 2.68. The number of phenols is 1. The van der Waals surface area contributed by atoms with Gasteiger partial charge in [-0.05, 0) is 17.7 Å². The van der Waals surface area contributed by atoms with Gasteiger partial charge in [0.15, 0.2) is 23.3 Å². The van der Waals surface area contributed by atoms with Gasteiger partial charge in [0.1, 0.15) is 5.75 Å². The Morgan fingerprint density at radius 1 is 0.333 bits per heavy atom. The molecule has 0 aliphatic carbocycles. The van der Waals surface area contributed by atoms with Crippen LogP contribution in [0.5, 0.6) is 5.75 Å².